The molecule has 4 aromatic carbocycles. The number of benzene rings is 4. The molecule has 0 amide bonds. The van der Waals surface area contributed by atoms with Crippen LogP contribution in [0.1, 0.15) is 22.3 Å². The summed E-state index contributed by atoms with van der Waals surface area (Å²) in [5.41, 5.74) is 3.95. The lowest BCUT2D eigenvalue weighted by molar-refractivity contribution is 0.282. The number of halogens is 6. The van der Waals surface area contributed by atoms with Crippen LogP contribution >= 0.6 is 78.3 Å². The number of aromatic hydroxyl groups is 1. The normalized spacial score (nSPS) is 10.1. The van der Waals surface area contributed by atoms with Crippen molar-refractivity contribution in [3.63, 3.8) is 0 Å². The number of aliphatic hydroxyl groups is 1. The number of ether oxygens (including phenoxy) is 1. The van der Waals surface area contributed by atoms with Gasteiger partial charge in [-0.25, -0.2) is 0 Å². The smallest absolute Gasteiger partial charge is 0.120 e. The molecule has 4 rings (SSSR count). The van der Waals surface area contributed by atoms with Gasteiger partial charge in [0, 0.05) is 8.95 Å². The van der Waals surface area contributed by atoms with Crippen LogP contribution in [0.5, 0.6) is 11.5 Å². The molecule has 0 aliphatic carbocycles. The van der Waals surface area contributed by atoms with E-state index in [9.17, 15) is 0 Å². The van der Waals surface area contributed by atoms with Gasteiger partial charge in [-0.05, 0) is 96.8 Å². The summed E-state index contributed by atoms with van der Waals surface area (Å²) < 4.78 is 7.80. The molecule has 0 bridgehead atoms. The minimum Gasteiger partial charge on any atom is -0.508 e. The largest absolute Gasteiger partial charge is 0.508 e. The van der Waals surface area contributed by atoms with Crippen molar-refractivity contribution in [1.29, 1.82) is 0 Å². The molecule has 0 aliphatic heterocycles. The molecule has 0 saturated heterocycles. The molecule has 9 heteroatoms. The summed E-state index contributed by atoms with van der Waals surface area (Å²) in [6.45, 7) is 4.43. The van der Waals surface area contributed by atoms with E-state index in [0.29, 0.717) is 32.4 Å². The molecule has 0 saturated carbocycles. The first-order valence-corrected chi connectivity index (χ1v) is 13.9. The molecular formula is C28H24Br2Cl4O3. The van der Waals surface area contributed by atoms with E-state index in [2.05, 4.69) is 31.9 Å². The van der Waals surface area contributed by atoms with Gasteiger partial charge >= 0.3 is 0 Å². The van der Waals surface area contributed by atoms with Gasteiger partial charge in [0.15, 0.2) is 0 Å². The fourth-order valence-corrected chi connectivity index (χ4v) is 3.90. The fraction of sp³-hybridized carbons (Fsp3) is 0.143. The predicted molar refractivity (Wildman–Crippen MR) is 163 cm³/mol. The molecule has 4 aromatic rings. The quantitative estimate of drug-likeness (QED) is 0.222. The number of hydrogen-bond acceptors (Lipinski definition) is 3. The van der Waals surface area contributed by atoms with E-state index >= 15 is 0 Å². The Morgan fingerprint density at radius 3 is 1.65 bits per heavy atom. The number of phenols is 1. The van der Waals surface area contributed by atoms with Crippen LogP contribution in [-0.2, 0) is 13.2 Å². The summed E-state index contributed by atoms with van der Waals surface area (Å²) in [7, 11) is 0. The Morgan fingerprint density at radius 1 is 0.649 bits per heavy atom. The first-order chi connectivity index (χ1) is 17.5. The molecular weight excluding hydrogens is 686 g/mol. The lowest BCUT2D eigenvalue weighted by Crippen LogP contribution is -1.95. The molecule has 37 heavy (non-hydrogen) atoms. The first-order valence-electron chi connectivity index (χ1n) is 10.8. The van der Waals surface area contributed by atoms with E-state index in [1.807, 2.05) is 50.2 Å². The minimum absolute atomic E-state index is 0.00309. The fourth-order valence-electron chi connectivity index (χ4n) is 2.77. The van der Waals surface area contributed by atoms with Gasteiger partial charge in [-0.2, -0.15) is 0 Å². The Labute approximate surface area is 254 Å². The van der Waals surface area contributed by atoms with Crippen LogP contribution in [0.2, 0.25) is 20.1 Å². The maximum Gasteiger partial charge on any atom is 0.120 e. The van der Waals surface area contributed by atoms with Crippen LogP contribution in [-0.4, -0.2) is 10.2 Å². The van der Waals surface area contributed by atoms with Crippen LogP contribution in [0.3, 0.4) is 0 Å². The molecule has 0 heterocycles. The van der Waals surface area contributed by atoms with Gasteiger partial charge in [-0.15, -0.1) is 0 Å². The van der Waals surface area contributed by atoms with E-state index in [4.69, 9.17) is 61.4 Å². The zero-order valence-electron chi connectivity index (χ0n) is 19.9. The van der Waals surface area contributed by atoms with Crippen molar-refractivity contribution in [2.75, 3.05) is 0 Å². The van der Waals surface area contributed by atoms with Crippen molar-refractivity contribution in [3.05, 3.63) is 124 Å². The van der Waals surface area contributed by atoms with Gasteiger partial charge in [0.2, 0.25) is 0 Å². The highest BCUT2D eigenvalue weighted by atomic mass is 79.9. The van der Waals surface area contributed by atoms with Crippen LogP contribution in [0.15, 0.2) is 81.7 Å². The molecule has 2 N–H and O–H groups in total. The van der Waals surface area contributed by atoms with E-state index in [0.717, 1.165) is 36.9 Å². The topological polar surface area (TPSA) is 49.7 Å². The Bertz CT molecular complexity index is 1280. The summed E-state index contributed by atoms with van der Waals surface area (Å²) >= 11 is 29.9. The van der Waals surface area contributed by atoms with Crippen LogP contribution in [0, 0.1) is 13.8 Å². The highest BCUT2D eigenvalue weighted by molar-refractivity contribution is 9.10. The maximum atomic E-state index is 8.92. The van der Waals surface area contributed by atoms with Gasteiger partial charge in [-0.1, -0.05) is 90.4 Å². The average molecular weight is 710 g/mol. The highest BCUT2D eigenvalue weighted by Crippen LogP contribution is 2.25. The SMILES string of the molecule is Cc1cc(O)ccc1Br.Cc1cc(OCc2ccc(Cl)c(Cl)c2)ccc1Br.OCc1ccc(Cl)c(Cl)c1. The Kier molecular flexibility index (Phi) is 13.6. The number of hydrogen-bond donors (Lipinski definition) is 2. The molecule has 3 nitrogen and oxygen atoms in total. The Balaban J connectivity index is 0.000000214. The summed E-state index contributed by atoms with van der Waals surface area (Å²) in [6, 6.07) is 21.6. The third kappa shape index (κ3) is 11.1. The molecule has 196 valence electrons. The third-order valence-electron chi connectivity index (χ3n) is 4.83. The second-order valence-electron chi connectivity index (χ2n) is 7.79. The number of aryl methyl sites for hydroxylation is 2. The molecule has 0 radical (unpaired) electrons. The monoisotopic (exact) mass is 706 g/mol. The van der Waals surface area contributed by atoms with Crippen molar-refractivity contribution in [3.8, 4) is 11.5 Å². The van der Waals surface area contributed by atoms with Crippen molar-refractivity contribution >= 4 is 78.3 Å². The zero-order chi connectivity index (χ0) is 27.5. The summed E-state index contributed by atoms with van der Waals surface area (Å²) in [5.74, 6) is 1.15. The van der Waals surface area contributed by atoms with E-state index < -0.39 is 0 Å². The average Bonchev–Trinajstić information content (AvgIpc) is 2.87. The minimum atomic E-state index is -0.00309. The van der Waals surface area contributed by atoms with Gasteiger partial charge in [-0.3, -0.25) is 0 Å². The summed E-state index contributed by atoms with van der Waals surface area (Å²) in [4.78, 5) is 0. The van der Waals surface area contributed by atoms with E-state index in [-0.39, 0.29) is 6.61 Å². The van der Waals surface area contributed by atoms with Crippen molar-refractivity contribution in [2.45, 2.75) is 27.1 Å². The molecule has 0 fully saturated rings. The highest BCUT2D eigenvalue weighted by Gasteiger charge is 2.02. The first kappa shape index (κ1) is 31.8. The second kappa shape index (κ2) is 15.8. The molecule has 0 aliphatic rings. The van der Waals surface area contributed by atoms with Crippen LogP contribution in [0.25, 0.3) is 0 Å². The lowest BCUT2D eigenvalue weighted by atomic mass is 10.2. The predicted octanol–water partition coefficient (Wildman–Crippen LogP) is 10.6. The number of aliphatic hydroxyl groups excluding tert-OH is 1. The Hall–Kier alpha value is -1.44. The molecule has 0 unspecified atom stereocenters. The van der Waals surface area contributed by atoms with Crippen molar-refractivity contribution < 1.29 is 14.9 Å². The van der Waals surface area contributed by atoms with Crippen LogP contribution < -0.4 is 4.74 Å². The van der Waals surface area contributed by atoms with Gasteiger partial charge in [0.05, 0.1) is 26.7 Å². The standard InChI is InChI=1S/C14H11BrCl2O.C7H7BrO.C7H6Cl2O/c1-9-6-11(3-4-12(9)15)18-8-10-2-5-13(16)14(17)7-10;1-5-4-6(9)2-3-7(5)8;8-6-2-1-5(4-10)3-7(6)9/h2-7H,8H2,1H3;2-4,9H,1H3;1-3,10H,4H2. The third-order valence-corrected chi connectivity index (χ3v) is 8.08. The second-order valence-corrected chi connectivity index (χ2v) is 11.1. The maximum absolute atomic E-state index is 8.92. The number of phenolic OH excluding ortho intramolecular Hbond substituents is 1. The summed E-state index contributed by atoms with van der Waals surface area (Å²) in [6.07, 6.45) is 0. The van der Waals surface area contributed by atoms with E-state index in [1.165, 1.54) is 0 Å². The Morgan fingerprint density at radius 2 is 1.16 bits per heavy atom. The van der Waals surface area contributed by atoms with Gasteiger partial charge < -0.3 is 14.9 Å². The van der Waals surface area contributed by atoms with Gasteiger partial charge in [0.1, 0.15) is 18.1 Å². The molecule has 0 atom stereocenters. The molecule has 0 spiro atoms. The summed E-state index contributed by atoms with van der Waals surface area (Å²) in [5, 5.41) is 19.7. The molecule has 0 aromatic heterocycles. The zero-order valence-corrected chi connectivity index (χ0v) is 26.1. The lowest BCUT2D eigenvalue weighted by Gasteiger charge is -2.08. The van der Waals surface area contributed by atoms with Crippen molar-refractivity contribution in [2.24, 2.45) is 0 Å². The van der Waals surface area contributed by atoms with Crippen LogP contribution in [0.4, 0.5) is 0 Å². The van der Waals surface area contributed by atoms with Gasteiger partial charge in [0.25, 0.3) is 0 Å². The van der Waals surface area contributed by atoms with E-state index in [1.54, 1.807) is 36.4 Å². The van der Waals surface area contributed by atoms with Crippen molar-refractivity contribution in [1.82, 2.24) is 0 Å². The number of rotatable bonds is 4.